The molecule has 2 aliphatic rings. The Bertz CT molecular complexity index is 743. The van der Waals surface area contributed by atoms with E-state index in [1.165, 1.54) is 12.8 Å². The number of hydrogen-bond donors (Lipinski definition) is 0. The number of fused-ring (bicyclic) bond motifs is 1. The maximum absolute atomic E-state index is 5.83. The van der Waals surface area contributed by atoms with E-state index >= 15 is 0 Å². The van der Waals surface area contributed by atoms with E-state index in [1.807, 2.05) is 6.07 Å². The molecule has 1 unspecified atom stereocenters. The molecule has 1 aliphatic carbocycles. The van der Waals surface area contributed by atoms with Crippen LogP contribution in [0.25, 0.3) is 0 Å². The largest absolute Gasteiger partial charge is 0.481 e. The molecule has 3 heterocycles. The fraction of sp³-hybridized carbons (Fsp3) is 0.632. The van der Waals surface area contributed by atoms with Crippen molar-refractivity contribution in [3.8, 4) is 5.88 Å². The minimum absolute atomic E-state index is 0.380. The Kier molecular flexibility index (Phi) is 5.17. The molecule has 1 atom stereocenters. The van der Waals surface area contributed by atoms with Crippen LogP contribution in [0.5, 0.6) is 5.88 Å². The average Bonchev–Trinajstić information content (AvgIpc) is 3.42. The van der Waals surface area contributed by atoms with Gasteiger partial charge in [0.2, 0.25) is 5.88 Å². The van der Waals surface area contributed by atoms with Gasteiger partial charge in [0.25, 0.3) is 0 Å². The van der Waals surface area contributed by atoms with Crippen molar-refractivity contribution in [3.05, 3.63) is 35.5 Å². The number of hydrogen-bond acceptors (Lipinski definition) is 6. The van der Waals surface area contributed by atoms with Crippen molar-refractivity contribution in [2.45, 2.75) is 51.9 Å². The summed E-state index contributed by atoms with van der Waals surface area (Å²) in [6.45, 7) is 6.32. The first-order valence-corrected chi connectivity index (χ1v) is 9.45. The van der Waals surface area contributed by atoms with Crippen LogP contribution in [-0.4, -0.2) is 51.0 Å². The van der Waals surface area contributed by atoms with Crippen LogP contribution in [-0.2, 0) is 30.9 Å². The van der Waals surface area contributed by atoms with Gasteiger partial charge in [-0.3, -0.25) is 4.90 Å². The first kappa shape index (κ1) is 17.4. The quantitative estimate of drug-likeness (QED) is 0.756. The Morgan fingerprint density at radius 1 is 1.23 bits per heavy atom. The lowest BCUT2D eigenvalue weighted by Gasteiger charge is -2.26. The average molecular weight is 357 g/mol. The number of rotatable bonds is 7. The van der Waals surface area contributed by atoms with E-state index in [1.54, 1.807) is 13.3 Å². The molecule has 0 aromatic carbocycles. The highest BCUT2D eigenvalue weighted by atomic mass is 16.5. The molecule has 1 aliphatic heterocycles. The lowest BCUT2D eigenvalue weighted by atomic mass is 10.1. The number of nitrogens with zero attached hydrogens (tertiary/aromatic N) is 5. The van der Waals surface area contributed by atoms with E-state index in [0.717, 1.165) is 55.8 Å². The highest BCUT2D eigenvalue weighted by Crippen LogP contribution is 2.29. The Hall–Kier alpha value is -1.99. The van der Waals surface area contributed by atoms with E-state index in [-0.39, 0.29) is 0 Å². The number of pyridine rings is 1. The summed E-state index contributed by atoms with van der Waals surface area (Å²) in [5.74, 6) is 3.49. The van der Waals surface area contributed by atoms with E-state index in [0.29, 0.717) is 18.5 Å². The van der Waals surface area contributed by atoms with Crippen molar-refractivity contribution < 1.29 is 9.47 Å². The molecule has 1 fully saturated rings. The van der Waals surface area contributed by atoms with Gasteiger partial charge in [-0.05, 0) is 31.7 Å². The molecule has 2 aromatic heterocycles. The number of ether oxygens (including phenoxy) is 2. The van der Waals surface area contributed by atoms with Gasteiger partial charge < -0.3 is 14.0 Å². The zero-order chi connectivity index (χ0) is 17.9. The van der Waals surface area contributed by atoms with Crippen LogP contribution < -0.4 is 4.74 Å². The number of methoxy groups -OCH3 is 1. The maximum atomic E-state index is 5.83. The molecule has 0 bridgehead atoms. The predicted octanol–water partition coefficient (Wildman–Crippen LogP) is 2.06. The first-order chi connectivity index (χ1) is 12.7. The lowest BCUT2D eigenvalue weighted by Crippen LogP contribution is -2.34. The van der Waals surface area contributed by atoms with Crippen molar-refractivity contribution >= 4 is 0 Å². The van der Waals surface area contributed by atoms with Crippen LogP contribution in [0.3, 0.4) is 0 Å². The van der Waals surface area contributed by atoms with Crippen molar-refractivity contribution in [2.24, 2.45) is 5.92 Å². The monoisotopic (exact) mass is 357 g/mol. The Morgan fingerprint density at radius 3 is 2.92 bits per heavy atom. The maximum Gasteiger partial charge on any atom is 0.217 e. The summed E-state index contributed by atoms with van der Waals surface area (Å²) >= 11 is 0. The van der Waals surface area contributed by atoms with E-state index in [9.17, 15) is 0 Å². The third-order valence-electron chi connectivity index (χ3n) is 5.31. The van der Waals surface area contributed by atoms with Gasteiger partial charge in [0.15, 0.2) is 5.82 Å². The van der Waals surface area contributed by atoms with E-state index < -0.39 is 0 Å². The molecule has 1 saturated carbocycles. The predicted molar refractivity (Wildman–Crippen MR) is 96.8 cm³/mol. The molecular formula is C19H27N5O2. The SMILES string of the molecule is COc1ncccc1CN1CCn2c(COCC3CC3)nnc2CC1C. The molecular weight excluding hydrogens is 330 g/mol. The summed E-state index contributed by atoms with van der Waals surface area (Å²) in [6.07, 6.45) is 5.27. The highest BCUT2D eigenvalue weighted by molar-refractivity contribution is 5.25. The standard InChI is InChI=1S/C19H27N5O2/c1-14-10-17-21-22-18(13-26-12-15-5-6-15)24(17)9-8-23(14)11-16-4-3-7-20-19(16)25-2/h3-4,7,14-15H,5-6,8-13H2,1-2H3. The summed E-state index contributed by atoms with van der Waals surface area (Å²) in [5, 5.41) is 8.79. The molecule has 140 valence electrons. The summed E-state index contributed by atoms with van der Waals surface area (Å²) in [6, 6.07) is 4.43. The second kappa shape index (κ2) is 7.72. The second-order valence-electron chi connectivity index (χ2n) is 7.34. The third kappa shape index (κ3) is 3.88. The van der Waals surface area contributed by atoms with Gasteiger partial charge >= 0.3 is 0 Å². The molecule has 7 nitrogen and oxygen atoms in total. The van der Waals surface area contributed by atoms with Crippen LogP contribution in [0.2, 0.25) is 0 Å². The third-order valence-corrected chi connectivity index (χ3v) is 5.31. The minimum atomic E-state index is 0.380. The summed E-state index contributed by atoms with van der Waals surface area (Å²) in [4.78, 5) is 6.78. The van der Waals surface area contributed by atoms with Gasteiger partial charge in [-0.1, -0.05) is 6.07 Å². The molecule has 0 saturated heterocycles. The van der Waals surface area contributed by atoms with E-state index in [4.69, 9.17) is 9.47 Å². The molecule has 4 rings (SSSR count). The van der Waals surface area contributed by atoms with Gasteiger partial charge in [0.1, 0.15) is 12.4 Å². The zero-order valence-corrected chi connectivity index (χ0v) is 15.6. The lowest BCUT2D eigenvalue weighted by molar-refractivity contribution is 0.103. The Morgan fingerprint density at radius 2 is 2.12 bits per heavy atom. The zero-order valence-electron chi connectivity index (χ0n) is 15.6. The van der Waals surface area contributed by atoms with Crippen molar-refractivity contribution in [1.29, 1.82) is 0 Å². The van der Waals surface area contributed by atoms with Crippen LogP contribution in [0.4, 0.5) is 0 Å². The summed E-state index contributed by atoms with van der Waals surface area (Å²) in [7, 11) is 1.67. The molecule has 0 N–H and O–H groups in total. The van der Waals surface area contributed by atoms with Gasteiger partial charge in [-0.25, -0.2) is 4.98 Å². The van der Waals surface area contributed by atoms with Gasteiger partial charge in [0, 0.05) is 50.5 Å². The van der Waals surface area contributed by atoms with Gasteiger partial charge in [-0.15, -0.1) is 10.2 Å². The topological polar surface area (TPSA) is 65.3 Å². The molecule has 0 spiro atoms. The fourth-order valence-corrected chi connectivity index (χ4v) is 3.51. The highest BCUT2D eigenvalue weighted by Gasteiger charge is 2.26. The minimum Gasteiger partial charge on any atom is -0.481 e. The Balaban J connectivity index is 1.42. The molecule has 0 amide bonds. The number of aromatic nitrogens is 4. The summed E-state index contributed by atoms with van der Waals surface area (Å²) in [5.41, 5.74) is 1.12. The van der Waals surface area contributed by atoms with Crippen LogP contribution >= 0.6 is 0 Å². The fourth-order valence-electron chi connectivity index (χ4n) is 3.51. The van der Waals surface area contributed by atoms with E-state index in [2.05, 4.69) is 37.6 Å². The molecule has 2 aromatic rings. The van der Waals surface area contributed by atoms with Crippen LogP contribution in [0.1, 0.15) is 37.0 Å². The van der Waals surface area contributed by atoms with Crippen LogP contribution in [0, 0.1) is 5.92 Å². The molecule has 0 radical (unpaired) electrons. The summed E-state index contributed by atoms with van der Waals surface area (Å²) < 4.78 is 13.5. The van der Waals surface area contributed by atoms with Gasteiger partial charge in [0.05, 0.1) is 7.11 Å². The Labute approximate surface area is 154 Å². The van der Waals surface area contributed by atoms with Crippen molar-refractivity contribution in [2.75, 3.05) is 20.3 Å². The first-order valence-electron chi connectivity index (χ1n) is 9.45. The van der Waals surface area contributed by atoms with Crippen molar-refractivity contribution in [3.63, 3.8) is 0 Å². The smallest absolute Gasteiger partial charge is 0.217 e. The second-order valence-corrected chi connectivity index (χ2v) is 7.34. The van der Waals surface area contributed by atoms with Gasteiger partial charge in [-0.2, -0.15) is 0 Å². The molecule has 26 heavy (non-hydrogen) atoms. The molecule has 7 heteroatoms. The normalized spacial score (nSPS) is 20.6. The van der Waals surface area contributed by atoms with Crippen LogP contribution in [0.15, 0.2) is 18.3 Å². The van der Waals surface area contributed by atoms with Crippen molar-refractivity contribution in [1.82, 2.24) is 24.6 Å².